The standard InChI is InChI=1S/C12H17NO3/c1-8-6-7-11(16-8)12(15)13-9-4-2-3-5-10(9)14/h6-7,9-10,14H,2-5H2,1H3,(H,13,15)/t9-,10-/m0/s1. The molecule has 88 valence electrons. The summed E-state index contributed by atoms with van der Waals surface area (Å²) in [6.45, 7) is 1.80. The van der Waals surface area contributed by atoms with Gasteiger partial charge in [-0.25, -0.2) is 0 Å². The number of hydrogen-bond donors (Lipinski definition) is 2. The molecule has 4 nitrogen and oxygen atoms in total. The predicted octanol–water partition coefficient (Wildman–Crippen LogP) is 1.62. The molecule has 2 N–H and O–H groups in total. The van der Waals surface area contributed by atoms with Crippen molar-refractivity contribution >= 4 is 5.91 Å². The summed E-state index contributed by atoms with van der Waals surface area (Å²) in [5, 5.41) is 12.5. The molecule has 1 saturated carbocycles. The van der Waals surface area contributed by atoms with Crippen molar-refractivity contribution in [3.63, 3.8) is 0 Å². The maximum Gasteiger partial charge on any atom is 0.287 e. The maximum atomic E-state index is 11.8. The van der Waals surface area contributed by atoms with E-state index < -0.39 is 6.10 Å². The van der Waals surface area contributed by atoms with Crippen molar-refractivity contribution in [1.29, 1.82) is 0 Å². The van der Waals surface area contributed by atoms with Crippen LogP contribution in [0.3, 0.4) is 0 Å². The molecule has 2 atom stereocenters. The molecule has 1 heterocycles. The van der Waals surface area contributed by atoms with Gasteiger partial charge in [0.1, 0.15) is 5.76 Å². The van der Waals surface area contributed by atoms with E-state index in [1.54, 1.807) is 19.1 Å². The number of hydrogen-bond acceptors (Lipinski definition) is 3. The van der Waals surface area contributed by atoms with E-state index in [1.165, 1.54) is 0 Å². The molecule has 0 aromatic carbocycles. The summed E-state index contributed by atoms with van der Waals surface area (Å²) in [7, 11) is 0. The van der Waals surface area contributed by atoms with E-state index in [4.69, 9.17) is 4.42 Å². The van der Waals surface area contributed by atoms with Gasteiger partial charge < -0.3 is 14.8 Å². The molecule has 1 aromatic heterocycles. The summed E-state index contributed by atoms with van der Waals surface area (Å²) < 4.78 is 5.23. The number of aliphatic hydroxyl groups is 1. The lowest BCUT2D eigenvalue weighted by atomic mass is 9.92. The molecule has 1 fully saturated rings. The van der Waals surface area contributed by atoms with Crippen LogP contribution in [0.25, 0.3) is 0 Å². The highest BCUT2D eigenvalue weighted by atomic mass is 16.3. The first-order valence-corrected chi connectivity index (χ1v) is 5.72. The number of rotatable bonds is 2. The van der Waals surface area contributed by atoms with E-state index >= 15 is 0 Å². The Morgan fingerprint density at radius 1 is 1.44 bits per heavy atom. The highest BCUT2D eigenvalue weighted by molar-refractivity contribution is 5.91. The van der Waals surface area contributed by atoms with Crippen molar-refractivity contribution in [1.82, 2.24) is 5.32 Å². The Morgan fingerprint density at radius 2 is 2.19 bits per heavy atom. The molecule has 1 amide bonds. The van der Waals surface area contributed by atoms with Gasteiger partial charge in [-0.15, -0.1) is 0 Å². The summed E-state index contributed by atoms with van der Waals surface area (Å²) in [4.78, 5) is 11.8. The topological polar surface area (TPSA) is 62.5 Å². The maximum absolute atomic E-state index is 11.8. The van der Waals surface area contributed by atoms with Crippen LogP contribution in [0.5, 0.6) is 0 Å². The molecule has 1 aliphatic carbocycles. The van der Waals surface area contributed by atoms with Crippen LogP contribution < -0.4 is 5.32 Å². The smallest absolute Gasteiger partial charge is 0.287 e. The fourth-order valence-corrected chi connectivity index (χ4v) is 2.08. The molecule has 16 heavy (non-hydrogen) atoms. The first kappa shape index (κ1) is 11.2. The molecule has 0 radical (unpaired) electrons. The molecular formula is C12H17NO3. The van der Waals surface area contributed by atoms with Gasteiger partial charge in [-0.2, -0.15) is 0 Å². The Hall–Kier alpha value is -1.29. The molecular weight excluding hydrogens is 206 g/mol. The Balaban J connectivity index is 1.96. The van der Waals surface area contributed by atoms with Crippen LogP contribution in [-0.4, -0.2) is 23.2 Å². The minimum atomic E-state index is -0.422. The Labute approximate surface area is 94.6 Å². The number of amides is 1. The third-order valence-corrected chi connectivity index (χ3v) is 3.01. The van der Waals surface area contributed by atoms with E-state index in [2.05, 4.69) is 5.32 Å². The van der Waals surface area contributed by atoms with Gasteiger partial charge in [-0.05, 0) is 31.9 Å². The van der Waals surface area contributed by atoms with Gasteiger partial charge in [0.2, 0.25) is 0 Å². The third kappa shape index (κ3) is 2.44. The summed E-state index contributed by atoms with van der Waals surface area (Å²) in [6.07, 6.45) is 3.27. The number of carbonyl (C=O) groups is 1. The van der Waals surface area contributed by atoms with Gasteiger partial charge in [0, 0.05) is 0 Å². The van der Waals surface area contributed by atoms with Crippen LogP contribution >= 0.6 is 0 Å². The molecule has 0 spiro atoms. The molecule has 0 bridgehead atoms. The lowest BCUT2D eigenvalue weighted by Crippen LogP contribution is -2.44. The lowest BCUT2D eigenvalue weighted by Gasteiger charge is -2.27. The normalized spacial score (nSPS) is 25.4. The minimum absolute atomic E-state index is 0.133. The number of furan rings is 1. The Kier molecular flexibility index (Phi) is 3.29. The van der Waals surface area contributed by atoms with Gasteiger partial charge in [-0.1, -0.05) is 12.8 Å². The molecule has 4 heteroatoms. The minimum Gasteiger partial charge on any atom is -0.456 e. The quantitative estimate of drug-likeness (QED) is 0.800. The third-order valence-electron chi connectivity index (χ3n) is 3.01. The lowest BCUT2D eigenvalue weighted by molar-refractivity contribution is 0.0697. The van der Waals surface area contributed by atoms with Crippen LogP contribution in [-0.2, 0) is 0 Å². The number of carbonyl (C=O) groups excluding carboxylic acids is 1. The van der Waals surface area contributed by atoms with E-state index in [0.29, 0.717) is 11.5 Å². The van der Waals surface area contributed by atoms with Crippen molar-refractivity contribution in [2.45, 2.75) is 44.8 Å². The zero-order chi connectivity index (χ0) is 11.5. The van der Waals surface area contributed by atoms with E-state index in [-0.39, 0.29) is 11.9 Å². The molecule has 1 aliphatic rings. The number of aryl methyl sites for hydroxylation is 1. The average Bonchev–Trinajstić information content (AvgIpc) is 2.68. The summed E-state index contributed by atoms with van der Waals surface area (Å²) in [5.74, 6) is 0.795. The second-order valence-corrected chi connectivity index (χ2v) is 4.34. The summed E-state index contributed by atoms with van der Waals surface area (Å²) in [6, 6.07) is 3.28. The van der Waals surface area contributed by atoms with Crippen molar-refractivity contribution in [3.05, 3.63) is 23.7 Å². The zero-order valence-corrected chi connectivity index (χ0v) is 9.40. The van der Waals surface area contributed by atoms with Crippen molar-refractivity contribution in [2.75, 3.05) is 0 Å². The van der Waals surface area contributed by atoms with Gasteiger partial charge in [0.05, 0.1) is 12.1 Å². The predicted molar refractivity (Wildman–Crippen MR) is 59.2 cm³/mol. The van der Waals surface area contributed by atoms with Crippen molar-refractivity contribution < 1.29 is 14.3 Å². The van der Waals surface area contributed by atoms with Gasteiger partial charge in [0.15, 0.2) is 5.76 Å². The second-order valence-electron chi connectivity index (χ2n) is 4.34. The highest BCUT2D eigenvalue weighted by Crippen LogP contribution is 2.19. The highest BCUT2D eigenvalue weighted by Gasteiger charge is 2.25. The largest absolute Gasteiger partial charge is 0.456 e. The van der Waals surface area contributed by atoms with Crippen molar-refractivity contribution in [2.24, 2.45) is 0 Å². The number of nitrogens with one attached hydrogen (secondary N) is 1. The SMILES string of the molecule is Cc1ccc(C(=O)N[C@H]2CCCC[C@@H]2O)o1. The summed E-state index contributed by atoms with van der Waals surface area (Å²) >= 11 is 0. The van der Waals surface area contributed by atoms with E-state index in [1.807, 2.05) is 0 Å². The van der Waals surface area contributed by atoms with Gasteiger partial charge in [-0.3, -0.25) is 4.79 Å². The Bertz CT molecular complexity index is 372. The van der Waals surface area contributed by atoms with Crippen LogP contribution in [0, 0.1) is 6.92 Å². The molecule has 0 saturated heterocycles. The monoisotopic (exact) mass is 223 g/mol. The molecule has 0 unspecified atom stereocenters. The second kappa shape index (κ2) is 4.70. The van der Waals surface area contributed by atoms with Gasteiger partial charge >= 0.3 is 0 Å². The van der Waals surface area contributed by atoms with E-state index in [0.717, 1.165) is 25.7 Å². The van der Waals surface area contributed by atoms with Gasteiger partial charge in [0.25, 0.3) is 5.91 Å². The van der Waals surface area contributed by atoms with Crippen LogP contribution in [0.15, 0.2) is 16.5 Å². The summed E-state index contributed by atoms with van der Waals surface area (Å²) in [5.41, 5.74) is 0. The van der Waals surface area contributed by atoms with Crippen LogP contribution in [0.2, 0.25) is 0 Å². The Morgan fingerprint density at radius 3 is 2.81 bits per heavy atom. The molecule has 1 aromatic rings. The fourth-order valence-electron chi connectivity index (χ4n) is 2.08. The molecule has 0 aliphatic heterocycles. The van der Waals surface area contributed by atoms with E-state index in [9.17, 15) is 9.90 Å². The first-order valence-electron chi connectivity index (χ1n) is 5.72. The van der Waals surface area contributed by atoms with Crippen LogP contribution in [0.1, 0.15) is 42.0 Å². The average molecular weight is 223 g/mol. The fraction of sp³-hybridized carbons (Fsp3) is 0.583. The van der Waals surface area contributed by atoms with Crippen LogP contribution in [0.4, 0.5) is 0 Å². The molecule has 2 rings (SSSR count). The number of aliphatic hydroxyl groups excluding tert-OH is 1. The zero-order valence-electron chi connectivity index (χ0n) is 9.40. The van der Waals surface area contributed by atoms with Crippen molar-refractivity contribution in [3.8, 4) is 0 Å². The first-order chi connectivity index (χ1) is 7.66.